The monoisotopic (exact) mass is 191 g/mol. The first-order valence-corrected chi connectivity index (χ1v) is 6.10. The zero-order chi connectivity index (χ0) is 6.41. The number of rotatable bonds is 4. The minimum absolute atomic E-state index is 0.574. The Labute approximate surface area is 65.0 Å². The van der Waals surface area contributed by atoms with Crippen LogP contribution in [0.25, 0.3) is 0 Å². The molecule has 0 aromatic rings. The van der Waals surface area contributed by atoms with E-state index in [1.165, 1.54) is 0 Å². The third-order valence-corrected chi connectivity index (χ3v) is 1.83. The average molecular weight is 193 g/mol. The number of hydrogen-bond acceptors (Lipinski definition) is 1. The largest absolute Gasteiger partial charge is 0.438 e. The summed E-state index contributed by atoms with van der Waals surface area (Å²) < 4.78 is 4.83. The van der Waals surface area contributed by atoms with Crippen molar-refractivity contribution < 1.29 is 4.43 Å². The van der Waals surface area contributed by atoms with Crippen molar-refractivity contribution in [1.82, 2.24) is 0 Å². The van der Waals surface area contributed by atoms with Crippen LogP contribution in [-0.2, 0) is 4.43 Å². The Balaban J connectivity index is 2.72. The summed E-state index contributed by atoms with van der Waals surface area (Å²) in [5.41, 5.74) is 0. The SMILES string of the molecule is ClCCCO[Si](Cl)Cl. The summed E-state index contributed by atoms with van der Waals surface area (Å²) in [6, 6.07) is 0. The fourth-order valence-electron chi connectivity index (χ4n) is 0.204. The van der Waals surface area contributed by atoms with Gasteiger partial charge in [-0.15, -0.1) is 33.8 Å². The summed E-state index contributed by atoms with van der Waals surface area (Å²) >= 11 is 16.0. The Morgan fingerprint density at radius 1 is 1.38 bits per heavy atom. The second kappa shape index (κ2) is 6.17. The molecule has 0 aromatic heterocycles. The molecule has 0 N–H and O–H groups in total. The van der Waals surface area contributed by atoms with Crippen LogP contribution in [0.1, 0.15) is 6.42 Å². The second-order valence-corrected chi connectivity index (χ2v) is 4.87. The summed E-state index contributed by atoms with van der Waals surface area (Å²) in [6.07, 6.45) is 0.815. The normalized spacial score (nSPS) is 10.5. The smallest absolute Gasteiger partial charge is 0.391 e. The summed E-state index contributed by atoms with van der Waals surface area (Å²) in [7, 11) is -1.52. The molecule has 5 heteroatoms. The van der Waals surface area contributed by atoms with Gasteiger partial charge in [-0.25, -0.2) is 0 Å². The average Bonchev–Trinajstić information content (AvgIpc) is 1.66. The molecular weight excluding hydrogens is 186 g/mol. The van der Waals surface area contributed by atoms with E-state index >= 15 is 0 Å². The van der Waals surface area contributed by atoms with Crippen molar-refractivity contribution in [1.29, 1.82) is 0 Å². The van der Waals surface area contributed by atoms with E-state index in [2.05, 4.69) is 0 Å². The quantitative estimate of drug-likeness (QED) is 0.287. The Morgan fingerprint density at radius 2 is 2.00 bits per heavy atom. The van der Waals surface area contributed by atoms with E-state index in [-0.39, 0.29) is 0 Å². The predicted octanol–water partition coefficient (Wildman–Crippen LogP) is 2.09. The van der Waals surface area contributed by atoms with Crippen LogP contribution in [0, 0.1) is 0 Å². The molecule has 0 aliphatic carbocycles. The highest BCUT2D eigenvalue weighted by molar-refractivity contribution is 7.30. The third-order valence-electron chi connectivity index (χ3n) is 0.489. The van der Waals surface area contributed by atoms with Gasteiger partial charge in [-0.3, -0.25) is 0 Å². The molecule has 0 saturated carbocycles. The first-order valence-electron chi connectivity index (χ1n) is 2.14. The van der Waals surface area contributed by atoms with Crippen molar-refractivity contribution >= 4 is 41.4 Å². The van der Waals surface area contributed by atoms with E-state index in [0.29, 0.717) is 12.5 Å². The molecule has 0 rings (SSSR count). The molecule has 0 unspecified atom stereocenters. The molecule has 0 spiro atoms. The van der Waals surface area contributed by atoms with Gasteiger partial charge in [0.15, 0.2) is 0 Å². The van der Waals surface area contributed by atoms with Crippen molar-refractivity contribution in [2.24, 2.45) is 0 Å². The topological polar surface area (TPSA) is 9.23 Å². The minimum atomic E-state index is -1.52. The van der Waals surface area contributed by atoms with Gasteiger partial charge < -0.3 is 4.43 Å². The molecule has 0 heterocycles. The van der Waals surface area contributed by atoms with Crippen molar-refractivity contribution in [3.05, 3.63) is 0 Å². The summed E-state index contributed by atoms with van der Waals surface area (Å²) in [5, 5.41) is 0. The first-order chi connectivity index (χ1) is 3.77. The molecule has 0 amide bonds. The van der Waals surface area contributed by atoms with Gasteiger partial charge >= 0.3 is 7.66 Å². The maximum atomic E-state index is 5.33. The van der Waals surface area contributed by atoms with Crippen molar-refractivity contribution in [2.75, 3.05) is 12.5 Å². The van der Waals surface area contributed by atoms with E-state index < -0.39 is 7.66 Å². The lowest BCUT2D eigenvalue weighted by atomic mass is 10.5. The number of alkyl halides is 1. The van der Waals surface area contributed by atoms with Crippen LogP contribution in [0.2, 0.25) is 0 Å². The van der Waals surface area contributed by atoms with Crippen LogP contribution in [0.15, 0.2) is 0 Å². The molecule has 8 heavy (non-hydrogen) atoms. The first kappa shape index (κ1) is 9.05. The van der Waals surface area contributed by atoms with E-state index in [1.807, 2.05) is 0 Å². The molecule has 49 valence electrons. The molecular formula is C3H6Cl3OSi. The lowest BCUT2D eigenvalue weighted by Crippen LogP contribution is -2.03. The molecule has 0 aliphatic heterocycles. The lowest BCUT2D eigenvalue weighted by molar-refractivity contribution is 0.341. The third kappa shape index (κ3) is 7.05. The fraction of sp³-hybridized carbons (Fsp3) is 1.00. The molecule has 0 aromatic carbocycles. The van der Waals surface area contributed by atoms with Gasteiger partial charge in [0.05, 0.1) is 0 Å². The van der Waals surface area contributed by atoms with Gasteiger partial charge in [-0.1, -0.05) is 0 Å². The highest BCUT2D eigenvalue weighted by Crippen LogP contribution is 1.98. The molecule has 0 aliphatic rings. The number of hydrogen-bond donors (Lipinski definition) is 0. The molecule has 1 radical (unpaired) electrons. The van der Waals surface area contributed by atoms with Crippen LogP contribution in [-0.4, -0.2) is 20.1 Å². The van der Waals surface area contributed by atoms with Crippen LogP contribution in [0.3, 0.4) is 0 Å². The molecule has 1 nitrogen and oxygen atoms in total. The predicted molar refractivity (Wildman–Crippen MR) is 38.7 cm³/mol. The molecule has 0 atom stereocenters. The van der Waals surface area contributed by atoms with Gasteiger partial charge in [-0.2, -0.15) is 0 Å². The second-order valence-electron chi connectivity index (χ2n) is 1.12. The summed E-state index contributed by atoms with van der Waals surface area (Å²) in [5.74, 6) is 0.600. The van der Waals surface area contributed by atoms with Crippen molar-refractivity contribution in [3.8, 4) is 0 Å². The Morgan fingerprint density at radius 3 is 2.38 bits per heavy atom. The Kier molecular flexibility index (Phi) is 6.98. The maximum absolute atomic E-state index is 5.33. The molecule has 0 fully saturated rings. The van der Waals surface area contributed by atoms with Crippen LogP contribution in [0.4, 0.5) is 0 Å². The zero-order valence-corrected chi connectivity index (χ0v) is 7.43. The van der Waals surface area contributed by atoms with Gasteiger partial charge in [0, 0.05) is 12.5 Å². The van der Waals surface area contributed by atoms with Crippen LogP contribution >= 0.6 is 33.8 Å². The van der Waals surface area contributed by atoms with Gasteiger partial charge in [0.2, 0.25) is 0 Å². The van der Waals surface area contributed by atoms with Gasteiger partial charge in [-0.05, 0) is 6.42 Å². The maximum Gasteiger partial charge on any atom is 0.438 e. The summed E-state index contributed by atoms with van der Waals surface area (Å²) in [6.45, 7) is 0.574. The zero-order valence-electron chi connectivity index (χ0n) is 4.16. The van der Waals surface area contributed by atoms with E-state index in [9.17, 15) is 0 Å². The number of halogens is 3. The van der Waals surface area contributed by atoms with Crippen LogP contribution in [0.5, 0.6) is 0 Å². The minimum Gasteiger partial charge on any atom is -0.391 e. The highest BCUT2D eigenvalue weighted by atomic mass is 35.7. The van der Waals surface area contributed by atoms with Crippen LogP contribution < -0.4 is 0 Å². The van der Waals surface area contributed by atoms with E-state index in [4.69, 9.17) is 38.2 Å². The standard InChI is InChI=1S/C3H6Cl3OSi/c4-2-1-3-7-8(5)6/h1-3H2. The van der Waals surface area contributed by atoms with E-state index in [1.54, 1.807) is 0 Å². The molecule has 0 saturated heterocycles. The van der Waals surface area contributed by atoms with E-state index in [0.717, 1.165) is 6.42 Å². The van der Waals surface area contributed by atoms with Crippen molar-refractivity contribution in [2.45, 2.75) is 6.42 Å². The Hall–Kier alpha value is 1.05. The lowest BCUT2D eigenvalue weighted by Gasteiger charge is -1.97. The Bertz CT molecular complexity index is 51.8. The van der Waals surface area contributed by atoms with Gasteiger partial charge in [0.25, 0.3) is 0 Å². The highest BCUT2D eigenvalue weighted by Gasteiger charge is 2.01. The fourth-order valence-corrected chi connectivity index (χ4v) is 1.07. The van der Waals surface area contributed by atoms with Gasteiger partial charge in [0.1, 0.15) is 0 Å². The van der Waals surface area contributed by atoms with Crippen molar-refractivity contribution in [3.63, 3.8) is 0 Å². The summed E-state index contributed by atoms with van der Waals surface area (Å²) in [4.78, 5) is 0. The molecule has 0 bridgehead atoms.